The van der Waals surface area contributed by atoms with Gasteiger partial charge in [0.1, 0.15) is 0 Å². The number of hydrogen-bond donors (Lipinski definition) is 2. The van der Waals surface area contributed by atoms with Crippen molar-refractivity contribution in [2.24, 2.45) is 17.8 Å². The van der Waals surface area contributed by atoms with E-state index in [0.717, 1.165) is 30.2 Å². The molecule has 2 fully saturated rings. The van der Waals surface area contributed by atoms with Crippen molar-refractivity contribution in [2.75, 3.05) is 33.3 Å². The number of rotatable bonds is 7. The van der Waals surface area contributed by atoms with Crippen LogP contribution in [0.2, 0.25) is 0 Å². The molecule has 2 rings (SSSR count). The molecular formula is C18H36N2O. The Morgan fingerprint density at radius 2 is 2.00 bits per heavy atom. The van der Waals surface area contributed by atoms with Crippen molar-refractivity contribution in [3.05, 3.63) is 0 Å². The van der Waals surface area contributed by atoms with Gasteiger partial charge in [0.15, 0.2) is 0 Å². The van der Waals surface area contributed by atoms with Crippen LogP contribution in [-0.2, 0) is 0 Å². The minimum Gasteiger partial charge on any atom is -0.396 e. The van der Waals surface area contributed by atoms with Crippen molar-refractivity contribution < 1.29 is 5.11 Å². The van der Waals surface area contributed by atoms with Crippen LogP contribution in [0.25, 0.3) is 0 Å². The first-order valence-electron chi connectivity index (χ1n) is 9.27. The number of aliphatic hydroxyl groups excluding tert-OH is 1. The van der Waals surface area contributed by atoms with E-state index in [1.54, 1.807) is 0 Å². The Bertz CT molecular complexity index is 282. The lowest BCUT2D eigenvalue weighted by Gasteiger charge is -2.41. The van der Waals surface area contributed by atoms with E-state index < -0.39 is 0 Å². The van der Waals surface area contributed by atoms with Gasteiger partial charge >= 0.3 is 0 Å². The second-order valence-corrected chi connectivity index (χ2v) is 7.40. The third-order valence-corrected chi connectivity index (χ3v) is 5.79. The second-order valence-electron chi connectivity index (χ2n) is 7.40. The van der Waals surface area contributed by atoms with E-state index in [2.05, 4.69) is 24.2 Å². The van der Waals surface area contributed by atoms with Crippen LogP contribution in [0.1, 0.15) is 58.3 Å². The van der Waals surface area contributed by atoms with Crippen LogP contribution in [0.15, 0.2) is 0 Å². The highest BCUT2D eigenvalue weighted by atomic mass is 16.3. The third kappa shape index (κ3) is 5.22. The van der Waals surface area contributed by atoms with Crippen molar-refractivity contribution in [1.82, 2.24) is 10.2 Å². The molecule has 2 aliphatic rings. The fourth-order valence-electron chi connectivity index (χ4n) is 4.68. The molecule has 1 saturated carbocycles. The molecule has 4 atom stereocenters. The molecule has 0 aromatic heterocycles. The van der Waals surface area contributed by atoms with Gasteiger partial charge in [-0.3, -0.25) is 0 Å². The van der Waals surface area contributed by atoms with E-state index in [0.29, 0.717) is 6.61 Å². The van der Waals surface area contributed by atoms with E-state index in [9.17, 15) is 5.11 Å². The first kappa shape index (κ1) is 17.2. The zero-order valence-corrected chi connectivity index (χ0v) is 14.2. The maximum absolute atomic E-state index is 9.17. The first-order chi connectivity index (χ1) is 10.3. The predicted octanol–water partition coefficient (Wildman–Crippen LogP) is 2.89. The van der Waals surface area contributed by atoms with Gasteiger partial charge in [-0.1, -0.05) is 19.8 Å². The highest BCUT2D eigenvalue weighted by Crippen LogP contribution is 2.33. The molecule has 0 radical (unpaired) electrons. The second kappa shape index (κ2) is 9.12. The van der Waals surface area contributed by atoms with Gasteiger partial charge in [-0.2, -0.15) is 0 Å². The van der Waals surface area contributed by atoms with E-state index in [1.165, 1.54) is 64.6 Å². The summed E-state index contributed by atoms with van der Waals surface area (Å²) in [6, 6.07) is 0.719. The van der Waals surface area contributed by atoms with Crippen LogP contribution in [0, 0.1) is 17.8 Å². The molecule has 0 amide bonds. The Morgan fingerprint density at radius 3 is 2.71 bits per heavy atom. The van der Waals surface area contributed by atoms with Crippen molar-refractivity contribution in [2.45, 2.75) is 64.3 Å². The van der Waals surface area contributed by atoms with Crippen molar-refractivity contribution >= 4 is 0 Å². The molecule has 4 unspecified atom stereocenters. The largest absolute Gasteiger partial charge is 0.396 e. The summed E-state index contributed by atoms with van der Waals surface area (Å²) in [5.74, 6) is 2.52. The SMILES string of the molecule is CCCC1CCC(NC)C(CN2CCCC(CCO)C2)C1. The fourth-order valence-corrected chi connectivity index (χ4v) is 4.68. The highest BCUT2D eigenvalue weighted by molar-refractivity contribution is 4.87. The summed E-state index contributed by atoms with van der Waals surface area (Å²) in [5.41, 5.74) is 0. The Morgan fingerprint density at radius 1 is 1.14 bits per heavy atom. The minimum absolute atomic E-state index is 0.361. The summed E-state index contributed by atoms with van der Waals surface area (Å²) >= 11 is 0. The van der Waals surface area contributed by atoms with Crippen molar-refractivity contribution in [1.29, 1.82) is 0 Å². The van der Waals surface area contributed by atoms with Gasteiger partial charge < -0.3 is 15.3 Å². The molecule has 1 saturated heterocycles. The number of nitrogens with zero attached hydrogens (tertiary/aromatic N) is 1. The van der Waals surface area contributed by atoms with Crippen molar-refractivity contribution in [3.8, 4) is 0 Å². The van der Waals surface area contributed by atoms with Gasteiger partial charge in [-0.15, -0.1) is 0 Å². The van der Waals surface area contributed by atoms with Crippen LogP contribution in [-0.4, -0.2) is 49.3 Å². The predicted molar refractivity (Wildman–Crippen MR) is 89.5 cm³/mol. The van der Waals surface area contributed by atoms with Gasteiger partial charge in [0.2, 0.25) is 0 Å². The lowest BCUT2D eigenvalue weighted by atomic mass is 9.76. The normalized spacial score (nSPS) is 35.0. The van der Waals surface area contributed by atoms with E-state index in [-0.39, 0.29) is 0 Å². The Hall–Kier alpha value is -0.120. The highest BCUT2D eigenvalue weighted by Gasteiger charge is 2.31. The maximum atomic E-state index is 9.17. The van der Waals surface area contributed by atoms with E-state index >= 15 is 0 Å². The molecule has 2 N–H and O–H groups in total. The first-order valence-corrected chi connectivity index (χ1v) is 9.27. The van der Waals surface area contributed by atoms with Crippen LogP contribution >= 0.6 is 0 Å². The average molecular weight is 296 g/mol. The summed E-state index contributed by atoms with van der Waals surface area (Å²) in [4.78, 5) is 2.69. The zero-order chi connectivity index (χ0) is 15.1. The molecular weight excluding hydrogens is 260 g/mol. The summed E-state index contributed by atoms with van der Waals surface area (Å²) in [7, 11) is 2.14. The Balaban J connectivity index is 1.85. The standard InChI is InChI=1S/C18H36N2O/c1-3-5-15-7-8-18(19-2)17(12-15)14-20-10-4-6-16(13-20)9-11-21/h15-19,21H,3-14H2,1-2H3. The van der Waals surface area contributed by atoms with Crippen molar-refractivity contribution in [3.63, 3.8) is 0 Å². The number of aliphatic hydroxyl groups is 1. The molecule has 124 valence electrons. The van der Waals surface area contributed by atoms with Crippen LogP contribution in [0.3, 0.4) is 0 Å². The van der Waals surface area contributed by atoms with Gasteiger partial charge in [0.05, 0.1) is 0 Å². The van der Waals surface area contributed by atoms with Gasteiger partial charge in [0.25, 0.3) is 0 Å². The molecule has 0 aromatic carbocycles. The smallest absolute Gasteiger partial charge is 0.0434 e. The quantitative estimate of drug-likeness (QED) is 0.758. The van der Waals surface area contributed by atoms with E-state index in [1.807, 2.05) is 0 Å². The van der Waals surface area contributed by atoms with E-state index in [4.69, 9.17) is 0 Å². The Kier molecular flexibility index (Phi) is 7.48. The summed E-state index contributed by atoms with van der Waals surface area (Å²) in [6.07, 6.45) is 10.6. The summed E-state index contributed by atoms with van der Waals surface area (Å²) in [5, 5.41) is 12.7. The third-order valence-electron chi connectivity index (χ3n) is 5.79. The number of likely N-dealkylation sites (tertiary alicyclic amines) is 1. The zero-order valence-electron chi connectivity index (χ0n) is 14.2. The summed E-state index contributed by atoms with van der Waals surface area (Å²) < 4.78 is 0. The summed E-state index contributed by atoms with van der Waals surface area (Å²) in [6.45, 7) is 6.44. The van der Waals surface area contributed by atoms with Crippen LogP contribution in [0.4, 0.5) is 0 Å². The number of piperidine rings is 1. The molecule has 3 heteroatoms. The molecule has 3 nitrogen and oxygen atoms in total. The van der Waals surface area contributed by atoms with Gasteiger partial charge in [-0.05, 0) is 69.9 Å². The molecule has 0 spiro atoms. The molecule has 1 aliphatic heterocycles. The lowest BCUT2D eigenvalue weighted by molar-refractivity contribution is 0.0964. The van der Waals surface area contributed by atoms with Crippen LogP contribution in [0.5, 0.6) is 0 Å². The maximum Gasteiger partial charge on any atom is 0.0434 e. The topological polar surface area (TPSA) is 35.5 Å². The van der Waals surface area contributed by atoms with Crippen LogP contribution < -0.4 is 5.32 Å². The number of nitrogens with one attached hydrogen (secondary N) is 1. The monoisotopic (exact) mass is 296 g/mol. The fraction of sp³-hybridized carbons (Fsp3) is 1.00. The molecule has 0 aromatic rings. The lowest BCUT2D eigenvalue weighted by Crippen LogP contribution is -2.47. The molecule has 1 aliphatic carbocycles. The van der Waals surface area contributed by atoms with Gasteiger partial charge in [0, 0.05) is 25.7 Å². The molecule has 21 heavy (non-hydrogen) atoms. The molecule has 1 heterocycles. The average Bonchev–Trinajstić information content (AvgIpc) is 2.49. The number of hydrogen-bond acceptors (Lipinski definition) is 3. The minimum atomic E-state index is 0.361. The molecule has 0 bridgehead atoms. The Labute approximate surface area is 131 Å². The van der Waals surface area contributed by atoms with Gasteiger partial charge in [-0.25, -0.2) is 0 Å².